The van der Waals surface area contributed by atoms with E-state index in [1.165, 1.54) is 16.5 Å². The van der Waals surface area contributed by atoms with Gasteiger partial charge in [0.25, 0.3) is 0 Å². The third-order valence-corrected chi connectivity index (χ3v) is 3.60. The highest BCUT2D eigenvalue weighted by atomic mass is 16.3. The summed E-state index contributed by atoms with van der Waals surface area (Å²) >= 11 is 0. The van der Waals surface area contributed by atoms with Crippen LogP contribution >= 0.6 is 0 Å². The van der Waals surface area contributed by atoms with Gasteiger partial charge in [-0.3, -0.25) is 0 Å². The number of aryl methyl sites for hydroxylation is 1. The lowest BCUT2D eigenvalue weighted by Crippen LogP contribution is -2.15. The predicted octanol–water partition coefficient (Wildman–Crippen LogP) is 4.52. The smallest absolute Gasteiger partial charge is 0.137 e. The minimum atomic E-state index is -0.0307. The molecule has 1 unspecified atom stereocenters. The molecule has 1 aromatic heterocycles. The SMILES string of the molecule is Cc1ccc(C(C)C)c2cc(C(N)C(C)C)oc12. The highest BCUT2D eigenvalue weighted by Gasteiger charge is 2.18. The number of nitrogens with two attached hydrogens (primary N) is 1. The molecule has 0 spiro atoms. The predicted molar refractivity (Wildman–Crippen MR) is 76.8 cm³/mol. The van der Waals surface area contributed by atoms with Crippen molar-refractivity contribution in [2.24, 2.45) is 11.7 Å². The van der Waals surface area contributed by atoms with Crippen molar-refractivity contribution in [3.63, 3.8) is 0 Å². The van der Waals surface area contributed by atoms with Crippen molar-refractivity contribution < 1.29 is 4.42 Å². The van der Waals surface area contributed by atoms with E-state index < -0.39 is 0 Å². The quantitative estimate of drug-likeness (QED) is 0.863. The van der Waals surface area contributed by atoms with Gasteiger partial charge in [0.1, 0.15) is 11.3 Å². The second-order valence-corrected chi connectivity index (χ2v) is 5.79. The van der Waals surface area contributed by atoms with Crippen LogP contribution in [0.15, 0.2) is 22.6 Å². The summed E-state index contributed by atoms with van der Waals surface area (Å²) < 4.78 is 5.99. The summed E-state index contributed by atoms with van der Waals surface area (Å²) in [7, 11) is 0. The maximum Gasteiger partial charge on any atom is 0.137 e. The van der Waals surface area contributed by atoms with Crippen LogP contribution in [0.3, 0.4) is 0 Å². The fourth-order valence-corrected chi connectivity index (χ4v) is 2.29. The van der Waals surface area contributed by atoms with Crippen LogP contribution in [0.4, 0.5) is 0 Å². The number of benzene rings is 1. The zero-order valence-electron chi connectivity index (χ0n) is 11.9. The maximum absolute atomic E-state index is 6.18. The molecule has 0 bridgehead atoms. The van der Waals surface area contributed by atoms with E-state index >= 15 is 0 Å². The Kier molecular flexibility index (Phi) is 3.49. The molecule has 2 aromatic rings. The van der Waals surface area contributed by atoms with Crippen molar-refractivity contribution in [3.8, 4) is 0 Å². The molecule has 0 amide bonds. The molecule has 0 radical (unpaired) electrons. The molecule has 98 valence electrons. The first-order valence-electron chi connectivity index (χ1n) is 6.70. The van der Waals surface area contributed by atoms with Crippen molar-refractivity contribution in [1.82, 2.24) is 0 Å². The van der Waals surface area contributed by atoms with Gasteiger partial charge in [0.05, 0.1) is 6.04 Å². The van der Waals surface area contributed by atoms with E-state index in [0.29, 0.717) is 11.8 Å². The van der Waals surface area contributed by atoms with Crippen LogP contribution in [0.2, 0.25) is 0 Å². The lowest BCUT2D eigenvalue weighted by atomic mass is 9.96. The van der Waals surface area contributed by atoms with E-state index in [4.69, 9.17) is 10.2 Å². The van der Waals surface area contributed by atoms with Gasteiger partial charge in [-0.1, -0.05) is 39.8 Å². The van der Waals surface area contributed by atoms with E-state index in [1.807, 2.05) is 0 Å². The summed E-state index contributed by atoms with van der Waals surface area (Å²) in [5.41, 5.74) is 9.69. The average Bonchev–Trinajstić information content (AvgIpc) is 2.73. The van der Waals surface area contributed by atoms with Gasteiger partial charge in [0.2, 0.25) is 0 Å². The summed E-state index contributed by atoms with van der Waals surface area (Å²) in [5, 5.41) is 1.22. The Labute approximate surface area is 109 Å². The largest absolute Gasteiger partial charge is 0.459 e. The average molecular weight is 245 g/mol. The normalized spacial score (nSPS) is 13.8. The lowest BCUT2D eigenvalue weighted by Gasteiger charge is -2.11. The molecule has 0 saturated heterocycles. The Bertz CT molecular complexity index is 551. The van der Waals surface area contributed by atoms with Crippen molar-refractivity contribution >= 4 is 11.0 Å². The summed E-state index contributed by atoms with van der Waals surface area (Å²) in [5.74, 6) is 1.78. The van der Waals surface area contributed by atoms with Gasteiger partial charge < -0.3 is 10.2 Å². The standard InChI is InChI=1S/C16H23NO/c1-9(2)12-7-6-11(5)16-13(12)8-14(18-16)15(17)10(3)4/h6-10,15H,17H2,1-5H3. The third-order valence-electron chi connectivity index (χ3n) is 3.60. The van der Waals surface area contributed by atoms with Crippen LogP contribution in [-0.2, 0) is 0 Å². The van der Waals surface area contributed by atoms with E-state index in [2.05, 4.69) is 52.8 Å². The van der Waals surface area contributed by atoms with Crippen LogP contribution in [0.1, 0.15) is 56.5 Å². The molecule has 1 aromatic carbocycles. The number of furan rings is 1. The van der Waals surface area contributed by atoms with E-state index in [9.17, 15) is 0 Å². The summed E-state index contributed by atoms with van der Waals surface area (Å²) in [6.07, 6.45) is 0. The lowest BCUT2D eigenvalue weighted by molar-refractivity contribution is 0.418. The topological polar surface area (TPSA) is 39.2 Å². The molecule has 0 aliphatic carbocycles. The van der Waals surface area contributed by atoms with E-state index in [0.717, 1.165) is 11.3 Å². The van der Waals surface area contributed by atoms with Crippen molar-refractivity contribution in [1.29, 1.82) is 0 Å². The summed E-state index contributed by atoms with van der Waals surface area (Å²) in [4.78, 5) is 0. The van der Waals surface area contributed by atoms with Crippen molar-refractivity contribution in [2.75, 3.05) is 0 Å². The Morgan fingerprint density at radius 3 is 2.33 bits per heavy atom. The molecule has 2 N–H and O–H groups in total. The zero-order chi connectivity index (χ0) is 13.4. The molecule has 2 rings (SSSR count). The van der Waals surface area contributed by atoms with Gasteiger partial charge >= 0.3 is 0 Å². The summed E-state index contributed by atoms with van der Waals surface area (Å²) in [6, 6.07) is 6.42. The Hall–Kier alpha value is -1.28. The molecular formula is C16H23NO. The highest BCUT2D eigenvalue weighted by Crippen LogP contribution is 2.33. The molecule has 0 fully saturated rings. The minimum Gasteiger partial charge on any atom is -0.459 e. The molecule has 2 heteroatoms. The van der Waals surface area contributed by atoms with Crippen molar-refractivity contribution in [3.05, 3.63) is 35.1 Å². The maximum atomic E-state index is 6.18. The number of hydrogen-bond donors (Lipinski definition) is 1. The minimum absolute atomic E-state index is 0.0307. The Balaban J connectivity index is 2.62. The zero-order valence-corrected chi connectivity index (χ0v) is 11.9. The molecule has 18 heavy (non-hydrogen) atoms. The summed E-state index contributed by atoms with van der Waals surface area (Å²) in [6.45, 7) is 10.7. The Morgan fingerprint density at radius 2 is 1.78 bits per heavy atom. The van der Waals surface area contributed by atoms with Gasteiger partial charge in [-0.25, -0.2) is 0 Å². The van der Waals surface area contributed by atoms with Crippen LogP contribution in [-0.4, -0.2) is 0 Å². The van der Waals surface area contributed by atoms with E-state index in [-0.39, 0.29) is 6.04 Å². The second kappa shape index (κ2) is 4.77. The van der Waals surface area contributed by atoms with Gasteiger partial charge in [0.15, 0.2) is 0 Å². The first-order chi connectivity index (χ1) is 8.41. The van der Waals surface area contributed by atoms with E-state index in [1.54, 1.807) is 0 Å². The molecule has 2 nitrogen and oxygen atoms in total. The van der Waals surface area contributed by atoms with Crippen LogP contribution in [0.25, 0.3) is 11.0 Å². The van der Waals surface area contributed by atoms with Crippen molar-refractivity contribution in [2.45, 2.75) is 46.6 Å². The molecular weight excluding hydrogens is 222 g/mol. The van der Waals surface area contributed by atoms with Crippen LogP contribution in [0.5, 0.6) is 0 Å². The number of rotatable bonds is 3. The third kappa shape index (κ3) is 2.17. The fraction of sp³-hybridized carbons (Fsp3) is 0.500. The number of fused-ring (bicyclic) bond motifs is 1. The molecule has 0 aliphatic heterocycles. The number of hydrogen-bond acceptors (Lipinski definition) is 2. The van der Waals surface area contributed by atoms with Crippen LogP contribution < -0.4 is 5.73 Å². The van der Waals surface area contributed by atoms with Gasteiger partial charge in [0, 0.05) is 5.39 Å². The molecule has 0 saturated carbocycles. The van der Waals surface area contributed by atoms with Gasteiger partial charge in [-0.2, -0.15) is 0 Å². The monoisotopic (exact) mass is 245 g/mol. The fourth-order valence-electron chi connectivity index (χ4n) is 2.29. The molecule has 1 heterocycles. The first kappa shape index (κ1) is 13.2. The van der Waals surface area contributed by atoms with Gasteiger partial charge in [-0.15, -0.1) is 0 Å². The Morgan fingerprint density at radius 1 is 1.11 bits per heavy atom. The molecule has 0 aliphatic rings. The van der Waals surface area contributed by atoms with Gasteiger partial charge in [-0.05, 0) is 36.0 Å². The van der Waals surface area contributed by atoms with Crippen LogP contribution in [0, 0.1) is 12.8 Å². The second-order valence-electron chi connectivity index (χ2n) is 5.79. The highest BCUT2D eigenvalue weighted by molar-refractivity contribution is 5.85. The molecule has 1 atom stereocenters. The first-order valence-corrected chi connectivity index (χ1v) is 6.70.